The molecule has 3 aromatic rings. The molecule has 0 fully saturated rings. The minimum absolute atomic E-state index is 0.292. The van der Waals surface area contributed by atoms with Gasteiger partial charge in [-0.25, -0.2) is 9.97 Å². The second-order valence-corrected chi connectivity index (χ2v) is 6.15. The van der Waals surface area contributed by atoms with E-state index in [1.807, 2.05) is 30.1 Å². The summed E-state index contributed by atoms with van der Waals surface area (Å²) in [5.74, 6) is 1.47. The molecule has 3 rings (SSSR count). The van der Waals surface area contributed by atoms with Gasteiger partial charge in [0, 0.05) is 39.6 Å². The molecule has 0 saturated carbocycles. The maximum atomic E-state index is 12.1. The third-order valence-electron chi connectivity index (χ3n) is 4.20. The fraction of sp³-hybridized carbons (Fsp3) is 0.150. The summed E-state index contributed by atoms with van der Waals surface area (Å²) < 4.78 is 1.52. The molecule has 3 aromatic heterocycles. The Morgan fingerprint density at radius 3 is 2.77 bits per heavy atom. The lowest BCUT2D eigenvalue weighted by Crippen LogP contribution is -2.18. The summed E-state index contributed by atoms with van der Waals surface area (Å²) in [4.78, 5) is 34.1. The third kappa shape index (κ3) is 4.43. The molecular weight excluding hydrogens is 384 g/mol. The number of nitrogens with zero attached hydrogens (tertiary/aromatic N) is 5. The molecule has 154 valence electrons. The van der Waals surface area contributed by atoms with E-state index in [1.165, 1.54) is 17.8 Å². The molecule has 30 heavy (non-hydrogen) atoms. The van der Waals surface area contributed by atoms with Crippen molar-refractivity contribution in [1.29, 1.82) is 0 Å². The maximum Gasteiger partial charge on any atom is 0.256 e. The van der Waals surface area contributed by atoms with Crippen LogP contribution in [-0.2, 0) is 4.79 Å². The van der Waals surface area contributed by atoms with Crippen molar-refractivity contribution in [2.75, 3.05) is 36.7 Å². The summed E-state index contributed by atoms with van der Waals surface area (Å²) in [7, 11) is 5.12. The number of carbonyl (C=O) groups is 2. The second-order valence-electron chi connectivity index (χ2n) is 6.15. The number of aromatic nitrogens is 4. The molecular formula is C20H22N8O2. The van der Waals surface area contributed by atoms with E-state index in [9.17, 15) is 9.59 Å². The van der Waals surface area contributed by atoms with E-state index >= 15 is 0 Å². The molecule has 3 heterocycles. The molecule has 0 unspecified atom stereocenters. The van der Waals surface area contributed by atoms with E-state index in [2.05, 4.69) is 31.0 Å². The molecule has 3 N–H and O–H groups in total. The summed E-state index contributed by atoms with van der Waals surface area (Å²) in [6.07, 6.45) is 8.96. The molecule has 0 aliphatic heterocycles. The normalized spacial score (nSPS) is 11.5. The van der Waals surface area contributed by atoms with Gasteiger partial charge in [0.1, 0.15) is 23.0 Å². The Morgan fingerprint density at radius 2 is 2.10 bits per heavy atom. The topological polar surface area (TPSA) is 117 Å². The van der Waals surface area contributed by atoms with E-state index < -0.39 is 0 Å². The van der Waals surface area contributed by atoms with E-state index in [1.54, 1.807) is 37.7 Å². The van der Waals surface area contributed by atoms with E-state index in [4.69, 9.17) is 0 Å². The Bertz CT molecular complexity index is 1100. The zero-order chi connectivity index (χ0) is 21.5. The summed E-state index contributed by atoms with van der Waals surface area (Å²) in [6, 6.07) is 7.30. The van der Waals surface area contributed by atoms with Crippen molar-refractivity contribution in [2.24, 2.45) is 0 Å². The van der Waals surface area contributed by atoms with Gasteiger partial charge >= 0.3 is 0 Å². The monoisotopic (exact) mass is 406 g/mol. The van der Waals surface area contributed by atoms with Crippen LogP contribution in [0.5, 0.6) is 0 Å². The number of fused-ring (bicyclic) bond motifs is 1. The number of carbonyl (C=O) groups excluding carboxylic acids is 2. The molecule has 0 saturated heterocycles. The van der Waals surface area contributed by atoms with Crippen LogP contribution in [0.1, 0.15) is 10.4 Å². The highest BCUT2D eigenvalue weighted by atomic mass is 16.1. The van der Waals surface area contributed by atoms with E-state index in [-0.39, 0.29) is 5.91 Å². The van der Waals surface area contributed by atoms with Crippen LogP contribution in [-0.4, -0.2) is 52.9 Å². The number of amides is 1. The van der Waals surface area contributed by atoms with Crippen molar-refractivity contribution < 1.29 is 9.59 Å². The van der Waals surface area contributed by atoms with Crippen LogP contribution in [0.3, 0.4) is 0 Å². The lowest BCUT2D eigenvalue weighted by molar-refractivity contribution is -0.104. The zero-order valence-electron chi connectivity index (χ0n) is 16.8. The van der Waals surface area contributed by atoms with Crippen LogP contribution < -0.4 is 20.9 Å². The third-order valence-corrected chi connectivity index (χ3v) is 4.20. The van der Waals surface area contributed by atoms with Gasteiger partial charge in [-0.1, -0.05) is 6.07 Å². The van der Waals surface area contributed by atoms with E-state index in [0.29, 0.717) is 34.8 Å². The first-order chi connectivity index (χ1) is 14.6. The first kappa shape index (κ1) is 20.5. The van der Waals surface area contributed by atoms with Crippen molar-refractivity contribution >= 4 is 35.3 Å². The first-order valence-corrected chi connectivity index (χ1v) is 9.10. The summed E-state index contributed by atoms with van der Waals surface area (Å²) in [5.41, 5.74) is 0.978. The molecule has 0 aliphatic rings. The largest absolute Gasteiger partial charge is 0.373 e. The van der Waals surface area contributed by atoms with Gasteiger partial charge in [0.15, 0.2) is 11.9 Å². The van der Waals surface area contributed by atoms with Crippen molar-refractivity contribution in [3.05, 3.63) is 66.3 Å². The van der Waals surface area contributed by atoms with Gasteiger partial charge in [-0.3, -0.25) is 9.59 Å². The van der Waals surface area contributed by atoms with Gasteiger partial charge in [-0.2, -0.15) is 9.61 Å². The molecule has 0 aliphatic carbocycles. The molecule has 1 amide bonds. The first-order valence-electron chi connectivity index (χ1n) is 9.10. The highest BCUT2D eigenvalue weighted by Gasteiger charge is 2.16. The van der Waals surface area contributed by atoms with Crippen molar-refractivity contribution in [3.63, 3.8) is 0 Å². The maximum absolute atomic E-state index is 12.1. The fourth-order valence-electron chi connectivity index (χ4n) is 2.67. The molecule has 0 atom stereocenters. The number of anilines is 3. The zero-order valence-corrected chi connectivity index (χ0v) is 16.8. The highest BCUT2D eigenvalue weighted by Crippen LogP contribution is 2.19. The second kappa shape index (κ2) is 9.32. The average Bonchev–Trinajstić information content (AvgIpc) is 3.21. The average molecular weight is 406 g/mol. The SMILES string of the molecule is CNC(=O)c1cnn2c(NC)cc(N/C(C=O)=C/C=C\N(C)c3ccccn3)nc12. The van der Waals surface area contributed by atoms with Gasteiger partial charge in [-0.15, -0.1) is 0 Å². The number of hydrogen-bond donors (Lipinski definition) is 3. The molecule has 10 heteroatoms. The summed E-state index contributed by atoms with van der Waals surface area (Å²) in [6.45, 7) is 0. The van der Waals surface area contributed by atoms with Crippen LogP contribution in [0.4, 0.5) is 17.5 Å². The number of aldehydes is 1. The number of pyridine rings is 1. The predicted octanol–water partition coefficient (Wildman–Crippen LogP) is 1.67. The van der Waals surface area contributed by atoms with Crippen LogP contribution in [0.15, 0.2) is 60.7 Å². The number of rotatable bonds is 8. The molecule has 0 aromatic carbocycles. The van der Waals surface area contributed by atoms with E-state index in [0.717, 1.165) is 5.82 Å². The molecule has 0 bridgehead atoms. The molecule has 10 nitrogen and oxygen atoms in total. The van der Waals surface area contributed by atoms with Gasteiger partial charge in [0.05, 0.1) is 11.9 Å². The Labute approximate surface area is 173 Å². The minimum atomic E-state index is -0.302. The lowest BCUT2D eigenvalue weighted by atomic mass is 10.3. The van der Waals surface area contributed by atoms with Crippen molar-refractivity contribution in [2.45, 2.75) is 0 Å². The standard InChI is InChI=1S/C20H22N8O2/c1-21-18-11-16(26-19-15(20(30)22-2)12-24-28(18)19)25-14(13-29)7-6-10-27(3)17-8-4-5-9-23-17/h4-13,21H,1-3H3,(H,22,30)(H,25,26)/b10-6-,14-7+. The summed E-state index contributed by atoms with van der Waals surface area (Å²) >= 11 is 0. The quantitative estimate of drug-likeness (QED) is 0.294. The lowest BCUT2D eigenvalue weighted by Gasteiger charge is -2.12. The Morgan fingerprint density at radius 1 is 1.27 bits per heavy atom. The van der Waals surface area contributed by atoms with Crippen LogP contribution in [0, 0.1) is 0 Å². The number of allylic oxidation sites excluding steroid dienone is 3. The Hall–Kier alpha value is -4.21. The predicted molar refractivity (Wildman–Crippen MR) is 115 cm³/mol. The van der Waals surface area contributed by atoms with Crippen LogP contribution in [0.2, 0.25) is 0 Å². The number of hydrogen-bond acceptors (Lipinski definition) is 8. The van der Waals surface area contributed by atoms with Crippen LogP contribution in [0.25, 0.3) is 5.65 Å². The van der Waals surface area contributed by atoms with Gasteiger partial charge in [-0.05, 0) is 24.3 Å². The van der Waals surface area contributed by atoms with Crippen molar-refractivity contribution in [1.82, 2.24) is 24.9 Å². The molecule has 0 spiro atoms. The van der Waals surface area contributed by atoms with Crippen molar-refractivity contribution in [3.8, 4) is 0 Å². The Balaban J connectivity index is 1.85. The highest BCUT2D eigenvalue weighted by molar-refractivity contribution is 6.00. The molecule has 0 radical (unpaired) electrons. The van der Waals surface area contributed by atoms with Crippen LogP contribution >= 0.6 is 0 Å². The number of nitrogens with one attached hydrogen (secondary N) is 3. The van der Waals surface area contributed by atoms with Gasteiger partial charge < -0.3 is 20.9 Å². The fourth-order valence-corrected chi connectivity index (χ4v) is 2.67. The summed E-state index contributed by atoms with van der Waals surface area (Å²) in [5, 5.41) is 12.7. The van der Waals surface area contributed by atoms with Gasteiger partial charge in [0.25, 0.3) is 5.91 Å². The van der Waals surface area contributed by atoms with Gasteiger partial charge in [0.2, 0.25) is 0 Å². The minimum Gasteiger partial charge on any atom is -0.373 e. The Kier molecular flexibility index (Phi) is 6.38. The smallest absolute Gasteiger partial charge is 0.256 e.